The van der Waals surface area contributed by atoms with Gasteiger partial charge in [0.1, 0.15) is 36.6 Å². The number of phosphoric ester groups is 1. The number of aliphatic carboxylic acids is 1. The Morgan fingerprint density at radius 1 is 0.812 bits per heavy atom. The van der Waals surface area contributed by atoms with Gasteiger partial charge in [0.25, 0.3) is 5.56 Å². The van der Waals surface area contributed by atoms with Crippen LogP contribution < -0.4 is 37.8 Å². The predicted octanol–water partition coefficient (Wildman–Crippen LogP) is 1.84. The third kappa shape index (κ3) is 21.3. The number of aromatic amines is 1. The van der Waals surface area contributed by atoms with Crippen molar-refractivity contribution in [3.05, 3.63) is 92.3 Å². The number of phosphoric acid groups is 3. The molecule has 1 aliphatic carbocycles. The first-order chi connectivity index (χ1) is 37.8. The van der Waals surface area contributed by atoms with Crippen LogP contribution in [0.1, 0.15) is 86.6 Å². The van der Waals surface area contributed by atoms with Crippen LogP contribution >= 0.6 is 45.1 Å². The van der Waals surface area contributed by atoms with E-state index in [1.54, 1.807) is 0 Å². The maximum atomic E-state index is 13.5. The average molecular weight is 1220 g/mol. The number of rotatable bonds is 31. The van der Waals surface area contributed by atoms with Crippen LogP contribution in [0.4, 0.5) is 4.79 Å². The number of carbonyl (C=O) groups is 6. The van der Waals surface area contributed by atoms with E-state index < -0.39 is 108 Å². The van der Waals surface area contributed by atoms with Crippen molar-refractivity contribution in [2.75, 3.05) is 44.9 Å². The van der Waals surface area contributed by atoms with Crippen LogP contribution in [0.3, 0.4) is 0 Å². The standard InChI is InChI=1S/C46H60N7O22P3S2/c1-47-43(60)35(23-41(57)58)50-39(56)17-3-2-8-19-49-44(61)34(51-46(63)71-26-33-31-14-6-4-12-29(31)30-13-5-7-15-32(30)33)16-10-21-79-80-22-18-38(55)48-20-9-11-28-25-53(45(62)52-42(28)59)40-24-36(54)37(73-40)27-72-77(67,68)75-78(69,70)74-76(64,65)66/h4-7,12-15,25,33-37,40,54H,2-3,8,10,16-24,26-27H2,1H3,(H,47,60)(H,48,55)(H,49,61)(H,50,56)(H,51,63)(H,57,58)(H,67,68)(H,69,70)(H,52,59,62)(H2,64,65,66). The van der Waals surface area contributed by atoms with Gasteiger partial charge in [-0.05, 0) is 47.9 Å². The Bertz CT molecular complexity index is 3000. The van der Waals surface area contributed by atoms with E-state index in [1.807, 2.05) is 53.5 Å². The Morgan fingerprint density at radius 2 is 1.49 bits per heavy atom. The van der Waals surface area contributed by atoms with Crippen LogP contribution in [0.15, 0.2) is 64.3 Å². The lowest BCUT2D eigenvalue weighted by Crippen LogP contribution is -2.47. The maximum absolute atomic E-state index is 13.5. The number of carboxylic acid groups (broad SMARTS) is 1. The number of ether oxygens (including phenoxy) is 2. The Hall–Kier alpha value is -5.67. The van der Waals surface area contributed by atoms with Gasteiger partial charge < -0.3 is 65.8 Å². The van der Waals surface area contributed by atoms with Crippen molar-refractivity contribution in [2.45, 2.75) is 94.2 Å². The molecule has 2 aromatic carbocycles. The monoisotopic (exact) mass is 1220 g/mol. The van der Waals surface area contributed by atoms with Gasteiger partial charge in [-0.15, -0.1) is 0 Å². The SMILES string of the molecule is CNC(=O)C(CC(=O)O)NC(=O)CCCCCNC(=O)C(CCCSSCCC(=O)NCC#Cc1cn(C2CC(O)C(COP(=O)(O)OP(=O)(O)OP(=O)(O)O)O2)c(=O)[nH]c1=O)NC(=O)OCC1c2ccccc2-c2ccccc21. The van der Waals surface area contributed by atoms with Crippen molar-refractivity contribution in [2.24, 2.45) is 0 Å². The lowest BCUT2D eigenvalue weighted by Gasteiger charge is -2.20. The van der Waals surface area contributed by atoms with Crippen LogP contribution in [0.25, 0.3) is 11.1 Å². The number of carbonyl (C=O) groups excluding carboxylic acids is 5. The number of alkyl carbamates (subject to hydrolysis) is 1. The van der Waals surface area contributed by atoms with E-state index in [1.165, 1.54) is 28.6 Å². The summed E-state index contributed by atoms with van der Waals surface area (Å²) in [4.78, 5) is 138. The summed E-state index contributed by atoms with van der Waals surface area (Å²) in [5, 5.41) is 32.4. The van der Waals surface area contributed by atoms with Crippen molar-refractivity contribution in [3.63, 3.8) is 0 Å². The first kappa shape index (κ1) is 65.1. The minimum atomic E-state index is -5.81. The molecule has 438 valence electrons. The number of hydrogen-bond donors (Lipinski definition) is 12. The summed E-state index contributed by atoms with van der Waals surface area (Å²) >= 11 is 0. The number of unbranched alkanes of at least 4 members (excludes halogenated alkanes) is 2. The number of aliphatic hydroxyl groups excluding tert-OH is 1. The van der Waals surface area contributed by atoms with E-state index in [9.17, 15) is 66.9 Å². The molecule has 2 aliphatic rings. The molecule has 80 heavy (non-hydrogen) atoms. The van der Waals surface area contributed by atoms with Crippen molar-refractivity contribution in [3.8, 4) is 23.0 Å². The number of aromatic nitrogens is 2. The number of fused-ring (bicyclic) bond motifs is 3. The molecule has 7 unspecified atom stereocenters. The molecule has 7 atom stereocenters. The molecule has 1 aliphatic heterocycles. The lowest BCUT2D eigenvalue weighted by molar-refractivity contribution is -0.140. The minimum absolute atomic E-state index is 0.0286. The lowest BCUT2D eigenvalue weighted by atomic mass is 9.98. The van der Waals surface area contributed by atoms with Gasteiger partial charge in [-0.25, -0.2) is 23.3 Å². The van der Waals surface area contributed by atoms with Gasteiger partial charge in [0.05, 0.1) is 25.7 Å². The van der Waals surface area contributed by atoms with E-state index in [0.717, 1.165) is 33.0 Å². The molecule has 0 radical (unpaired) electrons. The van der Waals surface area contributed by atoms with E-state index in [2.05, 4.69) is 51.6 Å². The number of aliphatic hydroxyl groups is 1. The zero-order chi connectivity index (χ0) is 58.6. The van der Waals surface area contributed by atoms with Crippen molar-refractivity contribution in [1.29, 1.82) is 0 Å². The van der Waals surface area contributed by atoms with Gasteiger partial charge in [0, 0.05) is 56.5 Å². The molecule has 0 spiro atoms. The van der Waals surface area contributed by atoms with E-state index in [0.29, 0.717) is 37.2 Å². The largest absolute Gasteiger partial charge is 0.490 e. The molecule has 1 saturated heterocycles. The molecule has 2 heterocycles. The zero-order valence-corrected chi connectivity index (χ0v) is 46.9. The molecular weight excluding hydrogens is 1160 g/mol. The quantitative estimate of drug-likeness (QED) is 0.0189. The van der Waals surface area contributed by atoms with Crippen LogP contribution in [-0.2, 0) is 60.3 Å². The maximum Gasteiger partial charge on any atom is 0.490 e. The fraction of sp³-hybridized carbons (Fsp3) is 0.478. The number of amides is 5. The highest BCUT2D eigenvalue weighted by atomic mass is 33.1. The van der Waals surface area contributed by atoms with Crippen LogP contribution in [-0.4, -0.2) is 144 Å². The minimum Gasteiger partial charge on any atom is -0.481 e. The fourth-order valence-electron chi connectivity index (χ4n) is 8.06. The summed E-state index contributed by atoms with van der Waals surface area (Å²) in [5.41, 5.74) is 1.99. The Labute approximate surface area is 464 Å². The third-order valence-corrected chi connectivity index (χ3v) is 18.0. The van der Waals surface area contributed by atoms with Gasteiger partial charge in [0.2, 0.25) is 23.6 Å². The number of nitrogens with one attached hydrogen (secondary N) is 6. The number of benzene rings is 2. The van der Waals surface area contributed by atoms with E-state index in [-0.39, 0.29) is 62.8 Å². The molecule has 1 fully saturated rings. The second kappa shape index (κ2) is 31.0. The Kier molecular flexibility index (Phi) is 25.2. The van der Waals surface area contributed by atoms with Crippen LogP contribution in [0, 0.1) is 11.8 Å². The molecule has 0 saturated carbocycles. The summed E-state index contributed by atoms with van der Waals surface area (Å²) in [6.45, 7) is -0.950. The number of hydrogen-bond acceptors (Lipinski definition) is 19. The number of H-pyrrole nitrogens is 1. The molecule has 12 N–H and O–H groups in total. The molecule has 1 aromatic heterocycles. The van der Waals surface area contributed by atoms with E-state index in [4.69, 9.17) is 24.4 Å². The zero-order valence-electron chi connectivity index (χ0n) is 42.6. The number of carboxylic acids is 1. The molecule has 34 heteroatoms. The molecular formula is C46H60N7O22P3S2. The molecule has 5 rings (SSSR count). The molecule has 5 amide bonds. The van der Waals surface area contributed by atoms with Gasteiger partial charge in [0.15, 0.2) is 0 Å². The Morgan fingerprint density at radius 3 is 2.15 bits per heavy atom. The second-order valence-corrected chi connectivity index (χ2v) is 24.7. The predicted molar refractivity (Wildman–Crippen MR) is 286 cm³/mol. The molecule has 29 nitrogen and oxygen atoms in total. The summed E-state index contributed by atoms with van der Waals surface area (Å²) in [7, 11) is -12.8. The van der Waals surface area contributed by atoms with Crippen LogP contribution in [0.2, 0.25) is 0 Å². The fourth-order valence-corrected chi connectivity index (χ4v) is 13.2. The number of nitrogens with zero attached hydrogens (tertiary/aromatic N) is 1. The van der Waals surface area contributed by atoms with Gasteiger partial charge in [-0.1, -0.05) is 88.4 Å². The normalized spacial score (nSPS) is 17.9. The van der Waals surface area contributed by atoms with Crippen molar-refractivity contribution < 1.29 is 94.9 Å². The smallest absolute Gasteiger partial charge is 0.481 e. The average Bonchev–Trinajstić information content (AvgIpc) is 3.92. The summed E-state index contributed by atoms with van der Waals surface area (Å²) in [6.07, 6.45) is -2.72. The van der Waals surface area contributed by atoms with Crippen LogP contribution in [0.5, 0.6) is 0 Å². The first-order valence-corrected chi connectivity index (χ1v) is 31.5. The van der Waals surface area contributed by atoms with Crippen molar-refractivity contribution >= 4 is 80.7 Å². The van der Waals surface area contributed by atoms with Gasteiger partial charge in [-0.2, -0.15) is 8.62 Å². The number of likely N-dealkylation sites (N-methyl/N-ethyl adjacent to an activating group) is 1. The van der Waals surface area contributed by atoms with Gasteiger partial charge in [-0.3, -0.25) is 42.8 Å². The summed E-state index contributed by atoms with van der Waals surface area (Å²) in [6, 6.07) is 13.5. The summed E-state index contributed by atoms with van der Waals surface area (Å²) in [5.74, 6) is 2.63. The first-order valence-electron chi connectivity index (χ1n) is 24.4. The molecule has 3 aromatic rings. The highest BCUT2D eigenvalue weighted by Gasteiger charge is 2.43. The van der Waals surface area contributed by atoms with Crippen molar-refractivity contribution in [1.82, 2.24) is 36.1 Å². The topological polar surface area (TPSA) is 436 Å². The Balaban J connectivity index is 1.04. The highest BCUT2D eigenvalue weighted by Crippen LogP contribution is 2.66. The highest BCUT2D eigenvalue weighted by molar-refractivity contribution is 8.76. The van der Waals surface area contributed by atoms with E-state index >= 15 is 0 Å². The van der Waals surface area contributed by atoms with Gasteiger partial charge >= 0.3 is 41.2 Å². The third-order valence-electron chi connectivity index (χ3n) is 11.7. The summed E-state index contributed by atoms with van der Waals surface area (Å²) < 4.78 is 58.4. The molecule has 0 bridgehead atoms. The second-order valence-electron chi connectivity index (χ2n) is 17.6.